The fraction of sp³-hybridized carbons (Fsp3) is 0.364. The monoisotopic (exact) mass is 223 g/mol. The molecule has 2 rings (SSSR count). The standard InChI is InChI=1S/C11H14FN3O/c1-7(6-13)15(2)11-14-9-5-3-4-8(12)10(9)16-11/h3-5,7H,6,13H2,1-2H3. The molecule has 0 radical (unpaired) electrons. The molecule has 0 fully saturated rings. The largest absolute Gasteiger partial charge is 0.420 e. The van der Waals surface area contributed by atoms with E-state index in [1.165, 1.54) is 6.07 Å². The molecule has 0 aliphatic carbocycles. The smallest absolute Gasteiger partial charge is 0.298 e. The molecule has 16 heavy (non-hydrogen) atoms. The zero-order valence-electron chi connectivity index (χ0n) is 9.27. The van der Waals surface area contributed by atoms with Crippen molar-refractivity contribution in [3.63, 3.8) is 0 Å². The molecule has 0 amide bonds. The SMILES string of the molecule is CC(CN)N(C)c1nc2cccc(F)c2o1. The summed E-state index contributed by atoms with van der Waals surface area (Å²) in [4.78, 5) is 6.00. The molecule has 0 saturated heterocycles. The van der Waals surface area contributed by atoms with E-state index in [1.807, 2.05) is 14.0 Å². The average molecular weight is 223 g/mol. The molecule has 4 nitrogen and oxygen atoms in total. The highest BCUT2D eigenvalue weighted by molar-refractivity contribution is 5.75. The minimum absolute atomic E-state index is 0.0936. The molecule has 1 heterocycles. The van der Waals surface area contributed by atoms with Crippen LogP contribution in [0, 0.1) is 5.82 Å². The lowest BCUT2D eigenvalue weighted by Gasteiger charge is -2.20. The van der Waals surface area contributed by atoms with Crippen LogP contribution >= 0.6 is 0 Å². The number of aromatic nitrogens is 1. The van der Waals surface area contributed by atoms with Crippen molar-refractivity contribution in [3.05, 3.63) is 24.0 Å². The predicted octanol–water partition coefficient (Wildman–Crippen LogP) is 1.75. The summed E-state index contributed by atoms with van der Waals surface area (Å²) in [7, 11) is 1.82. The number of halogens is 1. The number of oxazole rings is 1. The van der Waals surface area contributed by atoms with E-state index in [4.69, 9.17) is 10.2 Å². The summed E-state index contributed by atoms with van der Waals surface area (Å²) in [6.07, 6.45) is 0. The minimum atomic E-state index is -0.398. The third-order valence-corrected chi connectivity index (χ3v) is 2.66. The Bertz CT molecular complexity index is 497. The first kappa shape index (κ1) is 10.9. The van der Waals surface area contributed by atoms with Gasteiger partial charge < -0.3 is 15.1 Å². The predicted molar refractivity (Wildman–Crippen MR) is 60.9 cm³/mol. The number of benzene rings is 1. The highest BCUT2D eigenvalue weighted by atomic mass is 19.1. The first-order valence-electron chi connectivity index (χ1n) is 5.11. The van der Waals surface area contributed by atoms with Gasteiger partial charge in [0.05, 0.1) is 0 Å². The summed E-state index contributed by atoms with van der Waals surface area (Å²) in [6, 6.07) is 5.15. The van der Waals surface area contributed by atoms with E-state index >= 15 is 0 Å². The van der Waals surface area contributed by atoms with Gasteiger partial charge in [-0.2, -0.15) is 4.98 Å². The molecule has 1 aromatic carbocycles. The fourth-order valence-corrected chi connectivity index (χ4v) is 1.40. The van der Waals surface area contributed by atoms with Crippen LogP contribution in [-0.4, -0.2) is 24.6 Å². The number of hydrogen-bond donors (Lipinski definition) is 1. The summed E-state index contributed by atoms with van der Waals surface area (Å²) in [5.74, 6) is -0.398. The minimum Gasteiger partial charge on any atom is -0.420 e. The maximum atomic E-state index is 13.4. The van der Waals surface area contributed by atoms with Crippen LogP contribution in [0.2, 0.25) is 0 Å². The van der Waals surface area contributed by atoms with Gasteiger partial charge in [-0.15, -0.1) is 0 Å². The van der Waals surface area contributed by atoms with Crippen LogP contribution < -0.4 is 10.6 Å². The Hall–Kier alpha value is -1.62. The van der Waals surface area contributed by atoms with Crippen LogP contribution in [0.5, 0.6) is 0 Å². The first-order valence-corrected chi connectivity index (χ1v) is 5.11. The molecular weight excluding hydrogens is 209 g/mol. The van der Waals surface area contributed by atoms with Crippen LogP contribution in [0.3, 0.4) is 0 Å². The van der Waals surface area contributed by atoms with Crippen LogP contribution in [0.4, 0.5) is 10.4 Å². The van der Waals surface area contributed by atoms with Gasteiger partial charge >= 0.3 is 0 Å². The second kappa shape index (κ2) is 4.09. The zero-order valence-corrected chi connectivity index (χ0v) is 9.27. The third kappa shape index (κ3) is 1.74. The lowest BCUT2D eigenvalue weighted by molar-refractivity contribution is 0.528. The Morgan fingerprint density at radius 1 is 1.56 bits per heavy atom. The number of fused-ring (bicyclic) bond motifs is 1. The van der Waals surface area contributed by atoms with Gasteiger partial charge in [0.15, 0.2) is 11.4 Å². The van der Waals surface area contributed by atoms with E-state index in [0.717, 1.165) is 0 Å². The van der Waals surface area contributed by atoms with E-state index in [9.17, 15) is 4.39 Å². The van der Waals surface area contributed by atoms with E-state index in [-0.39, 0.29) is 11.6 Å². The van der Waals surface area contributed by atoms with Crippen molar-refractivity contribution in [1.82, 2.24) is 4.98 Å². The Morgan fingerprint density at radius 3 is 2.94 bits per heavy atom. The van der Waals surface area contributed by atoms with Crippen LogP contribution in [0.15, 0.2) is 22.6 Å². The highest BCUT2D eigenvalue weighted by Gasteiger charge is 2.16. The summed E-state index contributed by atoms with van der Waals surface area (Å²) >= 11 is 0. The molecule has 0 saturated carbocycles. The summed E-state index contributed by atoms with van der Waals surface area (Å²) < 4.78 is 18.7. The molecule has 0 bridgehead atoms. The van der Waals surface area contributed by atoms with Gasteiger partial charge in [0.1, 0.15) is 5.52 Å². The zero-order chi connectivity index (χ0) is 11.7. The molecule has 0 aliphatic heterocycles. The first-order chi connectivity index (χ1) is 7.63. The van der Waals surface area contributed by atoms with Crippen molar-refractivity contribution < 1.29 is 8.81 Å². The number of anilines is 1. The van der Waals surface area contributed by atoms with E-state index in [0.29, 0.717) is 18.1 Å². The van der Waals surface area contributed by atoms with Crippen molar-refractivity contribution in [2.24, 2.45) is 5.73 Å². The van der Waals surface area contributed by atoms with E-state index in [1.54, 1.807) is 17.0 Å². The van der Waals surface area contributed by atoms with E-state index < -0.39 is 5.82 Å². The van der Waals surface area contributed by atoms with Gasteiger partial charge in [0.25, 0.3) is 6.01 Å². The Kier molecular flexibility index (Phi) is 2.78. The lowest BCUT2D eigenvalue weighted by Crippen LogP contribution is -2.35. The molecule has 86 valence electrons. The number of nitrogens with two attached hydrogens (primary N) is 1. The second-order valence-electron chi connectivity index (χ2n) is 3.78. The van der Waals surface area contributed by atoms with Crippen molar-refractivity contribution in [2.45, 2.75) is 13.0 Å². The number of hydrogen-bond acceptors (Lipinski definition) is 4. The summed E-state index contributed by atoms with van der Waals surface area (Å²) in [5, 5.41) is 0. The van der Waals surface area contributed by atoms with Crippen molar-refractivity contribution in [1.29, 1.82) is 0 Å². The number of likely N-dealkylation sites (N-methyl/N-ethyl adjacent to an activating group) is 1. The molecule has 1 atom stereocenters. The Balaban J connectivity index is 2.43. The lowest BCUT2D eigenvalue weighted by atomic mass is 10.3. The van der Waals surface area contributed by atoms with Crippen molar-refractivity contribution in [3.8, 4) is 0 Å². The van der Waals surface area contributed by atoms with Crippen LogP contribution in [-0.2, 0) is 0 Å². The van der Waals surface area contributed by atoms with Crippen molar-refractivity contribution >= 4 is 17.1 Å². The summed E-state index contributed by atoms with van der Waals surface area (Å²) in [5.41, 5.74) is 6.26. The van der Waals surface area contributed by atoms with Gasteiger partial charge in [-0.25, -0.2) is 4.39 Å². The van der Waals surface area contributed by atoms with E-state index in [2.05, 4.69) is 4.98 Å². The van der Waals surface area contributed by atoms with Crippen LogP contribution in [0.1, 0.15) is 6.92 Å². The summed E-state index contributed by atoms with van der Waals surface area (Å²) in [6.45, 7) is 2.43. The van der Waals surface area contributed by atoms with Gasteiger partial charge in [0, 0.05) is 19.6 Å². The Morgan fingerprint density at radius 2 is 2.31 bits per heavy atom. The maximum absolute atomic E-state index is 13.4. The third-order valence-electron chi connectivity index (χ3n) is 2.66. The molecule has 0 aliphatic rings. The second-order valence-corrected chi connectivity index (χ2v) is 3.78. The van der Waals surface area contributed by atoms with Gasteiger partial charge in [-0.05, 0) is 19.1 Å². The molecule has 0 spiro atoms. The molecule has 5 heteroatoms. The van der Waals surface area contributed by atoms with Gasteiger partial charge in [-0.1, -0.05) is 6.07 Å². The molecular formula is C11H14FN3O. The van der Waals surface area contributed by atoms with Gasteiger partial charge in [0.2, 0.25) is 0 Å². The molecule has 1 aromatic heterocycles. The number of nitrogens with zero attached hydrogens (tertiary/aromatic N) is 2. The number of para-hydroxylation sites is 1. The van der Waals surface area contributed by atoms with Gasteiger partial charge in [-0.3, -0.25) is 0 Å². The number of rotatable bonds is 3. The quantitative estimate of drug-likeness (QED) is 0.861. The Labute approximate surface area is 92.9 Å². The molecule has 2 aromatic rings. The fourth-order valence-electron chi connectivity index (χ4n) is 1.40. The molecule has 1 unspecified atom stereocenters. The van der Waals surface area contributed by atoms with Crippen molar-refractivity contribution in [2.75, 3.05) is 18.5 Å². The average Bonchev–Trinajstić information content (AvgIpc) is 2.72. The normalized spacial score (nSPS) is 13.0. The molecule has 2 N–H and O–H groups in total. The highest BCUT2D eigenvalue weighted by Crippen LogP contribution is 2.24. The topological polar surface area (TPSA) is 55.3 Å². The maximum Gasteiger partial charge on any atom is 0.298 e. The van der Waals surface area contributed by atoms with Crippen LogP contribution in [0.25, 0.3) is 11.1 Å².